The molecule has 5 heteroatoms. The van der Waals surface area contributed by atoms with E-state index in [-0.39, 0.29) is 0 Å². The normalized spacial score (nSPS) is 24.6. The molecule has 1 aliphatic rings. The van der Waals surface area contributed by atoms with Gasteiger partial charge in [-0.05, 0) is 38.8 Å². The fraction of sp³-hybridized carbons (Fsp3) is 0.692. The lowest BCUT2D eigenvalue weighted by atomic mass is 9.93. The van der Waals surface area contributed by atoms with Gasteiger partial charge in [-0.1, -0.05) is 6.92 Å². The SMILES string of the molecule is CCn1nccc1CN1CCCC1(CC)C(=O)O. The van der Waals surface area contributed by atoms with Crippen molar-refractivity contribution in [3.05, 3.63) is 18.0 Å². The number of hydrogen-bond donors (Lipinski definition) is 1. The standard InChI is InChI=1S/C13H21N3O2/c1-3-13(12(17)18)7-5-9-15(13)10-11-6-8-14-16(11)4-2/h6,8H,3-5,7,9-10H2,1-2H3,(H,17,18). The van der Waals surface area contributed by atoms with Gasteiger partial charge in [-0.15, -0.1) is 0 Å². The van der Waals surface area contributed by atoms with Crippen LogP contribution in [0.25, 0.3) is 0 Å². The Morgan fingerprint density at radius 1 is 1.56 bits per heavy atom. The molecular formula is C13H21N3O2. The summed E-state index contributed by atoms with van der Waals surface area (Å²) in [5.41, 5.74) is 0.418. The highest BCUT2D eigenvalue weighted by atomic mass is 16.4. The van der Waals surface area contributed by atoms with Crippen molar-refractivity contribution in [2.45, 2.75) is 51.7 Å². The number of nitrogens with zero attached hydrogens (tertiary/aromatic N) is 3. The molecule has 0 amide bonds. The van der Waals surface area contributed by atoms with E-state index in [9.17, 15) is 9.90 Å². The third-order valence-corrected chi connectivity index (χ3v) is 4.06. The molecule has 1 unspecified atom stereocenters. The number of carboxylic acids is 1. The lowest BCUT2D eigenvalue weighted by Crippen LogP contribution is -2.49. The van der Waals surface area contributed by atoms with Crippen LogP contribution in [0.1, 0.15) is 38.8 Å². The summed E-state index contributed by atoms with van der Waals surface area (Å²) in [4.78, 5) is 13.7. The highest BCUT2D eigenvalue weighted by Crippen LogP contribution is 2.33. The highest BCUT2D eigenvalue weighted by molar-refractivity contribution is 5.79. The smallest absolute Gasteiger partial charge is 0.324 e. The van der Waals surface area contributed by atoms with Gasteiger partial charge < -0.3 is 5.11 Å². The first kappa shape index (κ1) is 13.1. The van der Waals surface area contributed by atoms with E-state index < -0.39 is 11.5 Å². The van der Waals surface area contributed by atoms with Crippen LogP contribution in [-0.4, -0.2) is 37.8 Å². The molecule has 1 aliphatic heterocycles. The van der Waals surface area contributed by atoms with Crippen LogP contribution >= 0.6 is 0 Å². The quantitative estimate of drug-likeness (QED) is 0.866. The molecule has 18 heavy (non-hydrogen) atoms. The van der Waals surface area contributed by atoms with Gasteiger partial charge >= 0.3 is 5.97 Å². The molecular weight excluding hydrogens is 230 g/mol. The monoisotopic (exact) mass is 251 g/mol. The number of carbonyl (C=O) groups is 1. The highest BCUT2D eigenvalue weighted by Gasteiger charge is 2.46. The van der Waals surface area contributed by atoms with Crippen molar-refractivity contribution in [2.24, 2.45) is 0 Å². The summed E-state index contributed by atoms with van der Waals surface area (Å²) in [6.07, 6.45) is 4.14. The molecule has 1 aromatic rings. The molecule has 1 N–H and O–H groups in total. The Bertz CT molecular complexity index is 430. The fourth-order valence-electron chi connectivity index (χ4n) is 2.93. The van der Waals surface area contributed by atoms with Crippen LogP contribution in [0.3, 0.4) is 0 Å². The molecule has 0 spiro atoms. The van der Waals surface area contributed by atoms with E-state index >= 15 is 0 Å². The second-order valence-electron chi connectivity index (χ2n) is 4.85. The summed E-state index contributed by atoms with van der Waals surface area (Å²) >= 11 is 0. The maximum Gasteiger partial charge on any atom is 0.324 e. The number of aromatic nitrogens is 2. The van der Waals surface area contributed by atoms with Crippen LogP contribution < -0.4 is 0 Å². The van der Waals surface area contributed by atoms with Crippen molar-refractivity contribution >= 4 is 5.97 Å². The zero-order chi connectivity index (χ0) is 13.2. The molecule has 0 aliphatic carbocycles. The number of carboxylic acid groups (broad SMARTS) is 1. The van der Waals surface area contributed by atoms with Crippen molar-refractivity contribution in [1.29, 1.82) is 0 Å². The van der Waals surface area contributed by atoms with E-state index in [1.54, 1.807) is 6.20 Å². The molecule has 1 aromatic heterocycles. The first-order chi connectivity index (χ1) is 8.64. The van der Waals surface area contributed by atoms with E-state index in [0.29, 0.717) is 13.0 Å². The number of hydrogen-bond acceptors (Lipinski definition) is 3. The van der Waals surface area contributed by atoms with E-state index in [4.69, 9.17) is 0 Å². The Morgan fingerprint density at radius 3 is 2.94 bits per heavy atom. The average molecular weight is 251 g/mol. The minimum absolute atomic E-state index is 0.655. The molecule has 100 valence electrons. The predicted molar refractivity (Wildman–Crippen MR) is 68.2 cm³/mol. The minimum Gasteiger partial charge on any atom is -0.480 e. The summed E-state index contributed by atoms with van der Waals surface area (Å²) in [5.74, 6) is -0.690. The molecule has 0 bridgehead atoms. The Kier molecular flexibility index (Phi) is 3.71. The Labute approximate surface area is 107 Å². The molecule has 2 rings (SSSR count). The Balaban J connectivity index is 2.20. The third-order valence-electron chi connectivity index (χ3n) is 4.06. The average Bonchev–Trinajstić information content (AvgIpc) is 2.96. The van der Waals surface area contributed by atoms with Crippen LogP contribution in [-0.2, 0) is 17.9 Å². The summed E-state index contributed by atoms with van der Waals surface area (Å²) < 4.78 is 1.93. The number of aryl methyl sites for hydroxylation is 1. The number of likely N-dealkylation sites (tertiary alicyclic amines) is 1. The van der Waals surface area contributed by atoms with Gasteiger partial charge in [-0.3, -0.25) is 14.4 Å². The first-order valence-electron chi connectivity index (χ1n) is 6.63. The van der Waals surface area contributed by atoms with Crippen LogP contribution in [0.15, 0.2) is 12.3 Å². The maximum absolute atomic E-state index is 11.6. The summed E-state index contributed by atoms with van der Waals surface area (Å²) in [7, 11) is 0. The van der Waals surface area contributed by atoms with Gasteiger partial charge in [-0.25, -0.2) is 0 Å². The summed E-state index contributed by atoms with van der Waals surface area (Å²) in [6, 6.07) is 1.98. The minimum atomic E-state index is -0.690. The van der Waals surface area contributed by atoms with Gasteiger partial charge in [0.15, 0.2) is 0 Å². The molecule has 1 atom stereocenters. The van der Waals surface area contributed by atoms with Gasteiger partial charge in [0.25, 0.3) is 0 Å². The van der Waals surface area contributed by atoms with Gasteiger partial charge in [0.05, 0.1) is 5.69 Å². The summed E-state index contributed by atoms with van der Waals surface area (Å²) in [6.45, 7) is 6.36. The molecule has 0 saturated carbocycles. The van der Waals surface area contributed by atoms with Crippen molar-refractivity contribution in [3.63, 3.8) is 0 Å². The van der Waals surface area contributed by atoms with Gasteiger partial charge in [0.1, 0.15) is 5.54 Å². The fourth-order valence-corrected chi connectivity index (χ4v) is 2.93. The van der Waals surface area contributed by atoms with E-state index in [1.165, 1.54) is 0 Å². The lowest BCUT2D eigenvalue weighted by Gasteiger charge is -2.33. The molecule has 0 aromatic carbocycles. The number of rotatable bonds is 5. The molecule has 5 nitrogen and oxygen atoms in total. The first-order valence-corrected chi connectivity index (χ1v) is 6.63. The largest absolute Gasteiger partial charge is 0.480 e. The van der Waals surface area contributed by atoms with E-state index in [0.717, 1.165) is 31.6 Å². The topological polar surface area (TPSA) is 58.4 Å². The van der Waals surface area contributed by atoms with Gasteiger partial charge in [-0.2, -0.15) is 5.10 Å². The van der Waals surface area contributed by atoms with Crippen molar-refractivity contribution in [1.82, 2.24) is 14.7 Å². The number of aliphatic carboxylic acids is 1. The zero-order valence-corrected chi connectivity index (χ0v) is 11.1. The van der Waals surface area contributed by atoms with Gasteiger partial charge in [0, 0.05) is 19.3 Å². The lowest BCUT2D eigenvalue weighted by molar-refractivity contribution is -0.150. The predicted octanol–water partition coefficient (Wildman–Crippen LogP) is 1.73. The zero-order valence-electron chi connectivity index (χ0n) is 11.1. The molecule has 2 heterocycles. The van der Waals surface area contributed by atoms with E-state index in [2.05, 4.69) is 10.00 Å². The van der Waals surface area contributed by atoms with Crippen LogP contribution in [0.4, 0.5) is 0 Å². The molecule has 1 saturated heterocycles. The second-order valence-corrected chi connectivity index (χ2v) is 4.85. The van der Waals surface area contributed by atoms with Crippen LogP contribution in [0.5, 0.6) is 0 Å². The maximum atomic E-state index is 11.6. The molecule has 0 radical (unpaired) electrons. The van der Waals surface area contributed by atoms with Gasteiger partial charge in [0.2, 0.25) is 0 Å². The Hall–Kier alpha value is -1.36. The van der Waals surface area contributed by atoms with E-state index in [1.807, 2.05) is 24.6 Å². The Morgan fingerprint density at radius 2 is 2.33 bits per heavy atom. The summed E-state index contributed by atoms with van der Waals surface area (Å²) in [5, 5.41) is 13.8. The van der Waals surface area contributed by atoms with Crippen LogP contribution in [0, 0.1) is 0 Å². The van der Waals surface area contributed by atoms with Crippen molar-refractivity contribution < 1.29 is 9.90 Å². The molecule has 1 fully saturated rings. The van der Waals surface area contributed by atoms with Crippen molar-refractivity contribution in [2.75, 3.05) is 6.54 Å². The van der Waals surface area contributed by atoms with Crippen molar-refractivity contribution in [3.8, 4) is 0 Å². The van der Waals surface area contributed by atoms with Crippen LogP contribution in [0.2, 0.25) is 0 Å². The third kappa shape index (κ3) is 2.03. The second kappa shape index (κ2) is 5.10.